The predicted octanol–water partition coefficient (Wildman–Crippen LogP) is 2.66. The predicted molar refractivity (Wildman–Crippen MR) is 66.8 cm³/mol. The first-order valence-corrected chi connectivity index (χ1v) is 5.65. The van der Waals surface area contributed by atoms with Gasteiger partial charge in [-0.3, -0.25) is 4.79 Å². The van der Waals surface area contributed by atoms with E-state index < -0.39 is 0 Å². The summed E-state index contributed by atoms with van der Waals surface area (Å²) in [7, 11) is 0. The second-order valence-electron chi connectivity index (χ2n) is 3.35. The fraction of sp³-hybridized carbons (Fsp3) is 0. The van der Waals surface area contributed by atoms with Gasteiger partial charge in [-0.05, 0) is 18.2 Å². The van der Waals surface area contributed by atoms with E-state index in [1.54, 1.807) is 29.2 Å². The van der Waals surface area contributed by atoms with Crippen molar-refractivity contribution in [1.82, 2.24) is 0 Å². The monoisotopic (exact) mass is 267 g/mol. The smallest absolute Gasteiger partial charge is 0.263 e. The Labute approximate surface area is 109 Å². The molecule has 0 aliphatic heterocycles. The Balaban J connectivity index is 2.21. The molecule has 1 heterocycles. The standard InChI is InChI=1S/C12H8Cl2N2O/c13-9-4-5-10(11(14)8-9)12(17)15-16-6-2-1-3-7-16/h1-8H/p+1. The highest BCUT2D eigenvalue weighted by molar-refractivity contribution is 6.36. The minimum absolute atomic E-state index is 0.289. The van der Waals surface area contributed by atoms with E-state index in [2.05, 4.69) is 5.43 Å². The molecule has 1 amide bonds. The fourth-order valence-electron chi connectivity index (χ4n) is 1.32. The summed E-state index contributed by atoms with van der Waals surface area (Å²) in [5, 5.41) is 0.824. The number of benzene rings is 1. The molecule has 0 spiro atoms. The van der Waals surface area contributed by atoms with E-state index in [1.807, 2.05) is 18.2 Å². The van der Waals surface area contributed by atoms with E-state index in [4.69, 9.17) is 23.2 Å². The van der Waals surface area contributed by atoms with Gasteiger partial charge >= 0.3 is 5.91 Å². The van der Waals surface area contributed by atoms with E-state index in [1.165, 1.54) is 6.07 Å². The van der Waals surface area contributed by atoms with Gasteiger partial charge in [0.25, 0.3) is 0 Å². The average molecular weight is 268 g/mol. The molecule has 0 aliphatic rings. The Bertz CT molecular complexity index is 543. The lowest BCUT2D eigenvalue weighted by molar-refractivity contribution is -0.641. The topological polar surface area (TPSA) is 33.0 Å². The van der Waals surface area contributed by atoms with Crippen LogP contribution in [-0.4, -0.2) is 5.91 Å². The van der Waals surface area contributed by atoms with Crippen molar-refractivity contribution in [2.45, 2.75) is 0 Å². The van der Waals surface area contributed by atoms with Crippen LogP contribution in [0.5, 0.6) is 0 Å². The molecule has 1 aromatic carbocycles. The number of halogens is 2. The molecule has 5 heteroatoms. The quantitative estimate of drug-likeness (QED) is 0.834. The molecule has 86 valence electrons. The maximum absolute atomic E-state index is 11.9. The number of carbonyl (C=O) groups is 1. The van der Waals surface area contributed by atoms with Crippen molar-refractivity contribution in [3.63, 3.8) is 0 Å². The maximum Gasteiger partial charge on any atom is 0.306 e. The van der Waals surface area contributed by atoms with Crippen LogP contribution in [0.2, 0.25) is 10.0 Å². The van der Waals surface area contributed by atoms with Crippen LogP contribution in [0.15, 0.2) is 48.8 Å². The molecule has 0 fully saturated rings. The van der Waals surface area contributed by atoms with E-state index >= 15 is 0 Å². The van der Waals surface area contributed by atoms with Gasteiger partial charge in [-0.15, -0.1) is 5.43 Å². The van der Waals surface area contributed by atoms with Crippen LogP contribution in [0.1, 0.15) is 10.4 Å². The lowest BCUT2D eigenvalue weighted by atomic mass is 10.2. The first kappa shape index (κ1) is 11.9. The van der Waals surface area contributed by atoms with E-state index in [-0.39, 0.29) is 5.91 Å². The maximum atomic E-state index is 11.9. The van der Waals surface area contributed by atoms with Crippen LogP contribution < -0.4 is 10.1 Å². The molecule has 1 N–H and O–H groups in total. The van der Waals surface area contributed by atoms with Gasteiger partial charge in [-0.25, -0.2) is 0 Å². The van der Waals surface area contributed by atoms with Crippen molar-refractivity contribution in [3.05, 3.63) is 64.4 Å². The van der Waals surface area contributed by atoms with Crippen LogP contribution in [0.4, 0.5) is 0 Å². The summed E-state index contributed by atoms with van der Waals surface area (Å²) in [4.78, 5) is 11.9. The van der Waals surface area contributed by atoms with Gasteiger partial charge in [0.05, 0.1) is 10.6 Å². The average Bonchev–Trinajstić information content (AvgIpc) is 2.30. The summed E-state index contributed by atoms with van der Waals surface area (Å²) in [5.41, 5.74) is 3.05. The first-order valence-electron chi connectivity index (χ1n) is 4.89. The first-order chi connectivity index (χ1) is 8.16. The third kappa shape index (κ3) is 2.96. The minimum Gasteiger partial charge on any atom is -0.263 e. The van der Waals surface area contributed by atoms with Crippen molar-refractivity contribution < 1.29 is 9.47 Å². The number of pyridine rings is 1. The van der Waals surface area contributed by atoms with Crippen LogP contribution >= 0.6 is 23.2 Å². The zero-order valence-electron chi connectivity index (χ0n) is 8.73. The molecule has 0 saturated heterocycles. The normalized spacial score (nSPS) is 10.0. The summed E-state index contributed by atoms with van der Waals surface area (Å²) in [6.07, 6.45) is 3.45. The Morgan fingerprint density at radius 2 is 1.82 bits per heavy atom. The zero-order chi connectivity index (χ0) is 12.3. The molecule has 0 aliphatic carbocycles. The van der Waals surface area contributed by atoms with Crippen molar-refractivity contribution in [2.75, 3.05) is 5.43 Å². The number of rotatable bonds is 2. The zero-order valence-corrected chi connectivity index (χ0v) is 10.2. The van der Waals surface area contributed by atoms with Gasteiger partial charge in [0, 0.05) is 17.2 Å². The van der Waals surface area contributed by atoms with Gasteiger partial charge in [0.2, 0.25) is 0 Å². The number of hydrogen-bond donors (Lipinski definition) is 1. The highest BCUT2D eigenvalue weighted by Gasteiger charge is 2.13. The third-order valence-electron chi connectivity index (χ3n) is 2.12. The highest BCUT2D eigenvalue weighted by atomic mass is 35.5. The number of carbonyl (C=O) groups excluding carboxylic acids is 1. The number of nitrogens with zero attached hydrogens (tertiary/aromatic N) is 1. The van der Waals surface area contributed by atoms with Crippen LogP contribution in [0.25, 0.3) is 0 Å². The van der Waals surface area contributed by atoms with Crippen LogP contribution in [0.3, 0.4) is 0 Å². The molecule has 0 radical (unpaired) electrons. The summed E-state index contributed by atoms with van der Waals surface area (Å²) < 4.78 is 1.55. The molecule has 2 rings (SSSR count). The molecular weight excluding hydrogens is 259 g/mol. The number of amides is 1. The van der Waals surface area contributed by atoms with E-state index in [9.17, 15) is 4.79 Å². The fourth-order valence-corrected chi connectivity index (χ4v) is 1.82. The molecule has 1 aromatic heterocycles. The molecule has 0 atom stereocenters. The molecule has 2 aromatic rings. The number of aromatic nitrogens is 1. The highest BCUT2D eigenvalue weighted by Crippen LogP contribution is 2.20. The van der Waals surface area contributed by atoms with Gasteiger partial charge in [0.15, 0.2) is 12.4 Å². The summed E-state index contributed by atoms with van der Waals surface area (Å²) in [5.74, 6) is -0.289. The lowest BCUT2D eigenvalue weighted by Gasteiger charge is -2.02. The second kappa shape index (κ2) is 5.17. The Morgan fingerprint density at radius 1 is 1.12 bits per heavy atom. The van der Waals surface area contributed by atoms with Gasteiger partial charge in [-0.2, -0.15) is 0 Å². The lowest BCUT2D eigenvalue weighted by Crippen LogP contribution is -2.47. The summed E-state index contributed by atoms with van der Waals surface area (Å²) in [6, 6.07) is 10.2. The number of nitrogens with one attached hydrogen (secondary N) is 1. The SMILES string of the molecule is O=C(N[n+]1ccccc1)c1ccc(Cl)cc1Cl. The van der Waals surface area contributed by atoms with Gasteiger partial charge < -0.3 is 0 Å². The van der Waals surface area contributed by atoms with E-state index in [0.717, 1.165) is 0 Å². The second-order valence-corrected chi connectivity index (χ2v) is 4.19. The minimum atomic E-state index is -0.289. The largest absolute Gasteiger partial charge is 0.306 e. The summed E-state index contributed by atoms with van der Waals surface area (Å²) >= 11 is 11.7. The Morgan fingerprint density at radius 3 is 2.47 bits per heavy atom. The molecule has 0 unspecified atom stereocenters. The van der Waals surface area contributed by atoms with Crippen molar-refractivity contribution >= 4 is 29.1 Å². The molecule has 0 saturated carbocycles. The molecule has 3 nitrogen and oxygen atoms in total. The molecular formula is C12H9Cl2N2O+. The summed E-state index contributed by atoms with van der Waals surface area (Å²) in [6.45, 7) is 0. The number of hydrogen-bond acceptors (Lipinski definition) is 1. The van der Waals surface area contributed by atoms with Crippen molar-refractivity contribution in [1.29, 1.82) is 0 Å². The Hall–Kier alpha value is -1.58. The van der Waals surface area contributed by atoms with Crippen molar-refractivity contribution in [3.8, 4) is 0 Å². The molecule has 0 bridgehead atoms. The van der Waals surface area contributed by atoms with Crippen LogP contribution in [-0.2, 0) is 0 Å². The van der Waals surface area contributed by atoms with E-state index in [0.29, 0.717) is 15.6 Å². The third-order valence-corrected chi connectivity index (χ3v) is 2.67. The van der Waals surface area contributed by atoms with Crippen molar-refractivity contribution in [2.24, 2.45) is 0 Å². The van der Waals surface area contributed by atoms with Crippen LogP contribution in [0, 0.1) is 0 Å². The molecule has 17 heavy (non-hydrogen) atoms. The van der Waals surface area contributed by atoms with Gasteiger partial charge in [0.1, 0.15) is 0 Å². The van der Waals surface area contributed by atoms with Gasteiger partial charge in [-0.1, -0.05) is 33.9 Å². The Kier molecular flexibility index (Phi) is 3.61.